The molecule has 4 nitrogen and oxygen atoms in total. The normalized spacial score (nSPS) is 17.3. The fraction of sp³-hybridized carbons (Fsp3) is 0.190. The number of ketones is 1. The highest BCUT2D eigenvalue weighted by Gasteiger charge is 2.23. The molecule has 2 aromatic carbocycles. The van der Waals surface area contributed by atoms with Crippen molar-refractivity contribution in [3.63, 3.8) is 0 Å². The van der Waals surface area contributed by atoms with Gasteiger partial charge in [0.2, 0.25) is 0 Å². The molecule has 3 rings (SSSR count). The highest BCUT2D eigenvalue weighted by Crippen LogP contribution is 2.31. The van der Waals surface area contributed by atoms with E-state index in [0.29, 0.717) is 24.3 Å². The SMILES string of the molecule is COc1cc(/C=C2\CC/C(=C\c3ccc(O)cc3)C2=O)cc(OC)c1. The van der Waals surface area contributed by atoms with Gasteiger partial charge < -0.3 is 14.6 Å². The minimum Gasteiger partial charge on any atom is -0.508 e. The van der Waals surface area contributed by atoms with Crippen molar-refractivity contribution in [2.24, 2.45) is 0 Å². The number of carbonyl (C=O) groups is 1. The molecule has 1 saturated carbocycles. The highest BCUT2D eigenvalue weighted by atomic mass is 16.5. The molecule has 0 spiro atoms. The van der Waals surface area contributed by atoms with E-state index >= 15 is 0 Å². The van der Waals surface area contributed by atoms with Crippen LogP contribution in [0, 0.1) is 0 Å². The van der Waals surface area contributed by atoms with Gasteiger partial charge in [-0.3, -0.25) is 4.79 Å². The van der Waals surface area contributed by atoms with Crippen molar-refractivity contribution >= 4 is 17.9 Å². The van der Waals surface area contributed by atoms with Crippen LogP contribution in [0.3, 0.4) is 0 Å². The van der Waals surface area contributed by atoms with Crippen LogP contribution >= 0.6 is 0 Å². The zero-order valence-electron chi connectivity index (χ0n) is 14.3. The molecule has 2 aromatic rings. The number of ether oxygens (including phenoxy) is 2. The first kappa shape index (κ1) is 16.8. The van der Waals surface area contributed by atoms with Crippen LogP contribution in [0.15, 0.2) is 53.6 Å². The minimum atomic E-state index is 0.0647. The summed E-state index contributed by atoms with van der Waals surface area (Å²) >= 11 is 0. The van der Waals surface area contributed by atoms with E-state index in [4.69, 9.17) is 9.47 Å². The van der Waals surface area contributed by atoms with Crippen LogP contribution in [0.2, 0.25) is 0 Å². The van der Waals surface area contributed by atoms with Crippen molar-refractivity contribution in [3.8, 4) is 17.2 Å². The van der Waals surface area contributed by atoms with Gasteiger partial charge in [-0.05, 0) is 60.4 Å². The van der Waals surface area contributed by atoms with Gasteiger partial charge in [-0.2, -0.15) is 0 Å². The summed E-state index contributed by atoms with van der Waals surface area (Å²) in [6.07, 6.45) is 5.20. The quantitative estimate of drug-likeness (QED) is 0.849. The number of benzene rings is 2. The first-order valence-corrected chi connectivity index (χ1v) is 8.07. The van der Waals surface area contributed by atoms with Crippen LogP contribution in [0.5, 0.6) is 17.2 Å². The van der Waals surface area contributed by atoms with Crippen LogP contribution in [0.4, 0.5) is 0 Å². The molecule has 128 valence electrons. The standard InChI is InChI=1S/C21H20O4/c1-24-19-11-15(12-20(13-19)25-2)10-17-6-5-16(21(17)23)9-14-3-7-18(22)8-4-14/h3-4,7-13,22H,5-6H2,1-2H3/b16-9+,17-10+. The van der Waals surface area contributed by atoms with E-state index in [2.05, 4.69) is 0 Å². The molecule has 0 saturated heterocycles. The highest BCUT2D eigenvalue weighted by molar-refractivity contribution is 6.15. The predicted molar refractivity (Wildman–Crippen MR) is 97.8 cm³/mol. The molecule has 0 aliphatic heterocycles. The van der Waals surface area contributed by atoms with Crippen molar-refractivity contribution in [1.82, 2.24) is 0 Å². The minimum absolute atomic E-state index is 0.0647. The van der Waals surface area contributed by atoms with Crippen LogP contribution in [-0.2, 0) is 4.79 Å². The van der Waals surface area contributed by atoms with E-state index in [1.807, 2.05) is 24.3 Å². The maximum Gasteiger partial charge on any atom is 0.185 e. The number of allylic oxidation sites excluding steroid dienone is 2. The smallest absolute Gasteiger partial charge is 0.185 e. The molecule has 0 heterocycles. The number of phenols is 1. The van der Waals surface area contributed by atoms with Crippen LogP contribution in [0.25, 0.3) is 12.2 Å². The Morgan fingerprint density at radius 2 is 1.36 bits per heavy atom. The summed E-state index contributed by atoms with van der Waals surface area (Å²) in [6.45, 7) is 0. The Kier molecular flexibility index (Phi) is 4.89. The molecule has 25 heavy (non-hydrogen) atoms. The fourth-order valence-electron chi connectivity index (χ4n) is 2.86. The van der Waals surface area contributed by atoms with E-state index in [1.165, 1.54) is 0 Å². The average Bonchev–Trinajstić information content (AvgIpc) is 2.96. The molecule has 0 radical (unpaired) electrons. The number of hydrogen-bond donors (Lipinski definition) is 1. The Morgan fingerprint density at radius 1 is 0.840 bits per heavy atom. The molecule has 1 aliphatic rings. The molecule has 1 aliphatic carbocycles. The van der Waals surface area contributed by atoms with E-state index in [1.54, 1.807) is 44.6 Å². The Hall–Kier alpha value is -3.01. The predicted octanol–water partition coefficient (Wildman–Crippen LogP) is 4.24. The lowest BCUT2D eigenvalue weighted by atomic mass is 10.1. The number of phenolic OH excluding ortho intramolecular Hbond substituents is 1. The summed E-state index contributed by atoms with van der Waals surface area (Å²) in [7, 11) is 3.20. The summed E-state index contributed by atoms with van der Waals surface area (Å²) < 4.78 is 10.5. The Morgan fingerprint density at radius 3 is 1.88 bits per heavy atom. The van der Waals surface area contributed by atoms with Gasteiger partial charge in [0.25, 0.3) is 0 Å². The lowest BCUT2D eigenvalue weighted by Crippen LogP contribution is -1.96. The monoisotopic (exact) mass is 336 g/mol. The third-order valence-corrected chi connectivity index (χ3v) is 4.20. The summed E-state index contributed by atoms with van der Waals surface area (Å²) in [5.41, 5.74) is 3.35. The zero-order valence-corrected chi connectivity index (χ0v) is 14.3. The van der Waals surface area contributed by atoms with Gasteiger partial charge in [0, 0.05) is 17.2 Å². The number of carbonyl (C=O) groups excluding carboxylic acids is 1. The first-order valence-electron chi connectivity index (χ1n) is 8.07. The second kappa shape index (κ2) is 7.26. The molecular formula is C21H20O4. The van der Waals surface area contributed by atoms with E-state index in [-0.39, 0.29) is 11.5 Å². The van der Waals surface area contributed by atoms with Gasteiger partial charge in [0.1, 0.15) is 17.2 Å². The van der Waals surface area contributed by atoms with E-state index in [0.717, 1.165) is 22.3 Å². The van der Waals surface area contributed by atoms with E-state index in [9.17, 15) is 9.90 Å². The van der Waals surface area contributed by atoms with Gasteiger partial charge in [0.15, 0.2) is 5.78 Å². The molecule has 0 amide bonds. The topological polar surface area (TPSA) is 55.8 Å². The number of methoxy groups -OCH3 is 2. The van der Waals surface area contributed by atoms with Gasteiger partial charge in [-0.1, -0.05) is 12.1 Å². The van der Waals surface area contributed by atoms with E-state index < -0.39 is 0 Å². The maximum atomic E-state index is 12.6. The largest absolute Gasteiger partial charge is 0.508 e. The lowest BCUT2D eigenvalue weighted by molar-refractivity contribution is -0.111. The summed E-state index contributed by atoms with van der Waals surface area (Å²) in [5.74, 6) is 1.66. The van der Waals surface area contributed by atoms with Crippen molar-refractivity contribution in [2.45, 2.75) is 12.8 Å². The van der Waals surface area contributed by atoms with Gasteiger partial charge >= 0.3 is 0 Å². The number of Topliss-reactive ketones (excluding diaryl/α,β-unsaturated/α-hetero) is 1. The molecule has 4 heteroatoms. The molecule has 1 fully saturated rings. The average molecular weight is 336 g/mol. The molecular weight excluding hydrogens is 316 g/mol. The van der Waals surface area contributed by atoms with Crippen LogP contribution in [-0.4, -0.2) is 25.1 Å². The maximum absolute atomic E-state index is 12.6. The second-order valence-electron chi connectivity index (χ2n) is 5.91. The number of hydrogen-bond acceptors (Lipinski definition) is 4. The fourth-order valence-corrected chi connectivity index (χ4v) is 2.86. The summed E-state index contributed by atoms with van der Waals surface area (Å²) in [5, 5.41) is 9.34. The van der Waals surface area contributed by atoms with Crippen LogP contribution in [0.1, 0.15) is 24.0 Å². The number of aromatic hydroxyl groups is 1. The number of rotatable bonds is 4. The van der Waals surface area contributed by atoms with Crippen molar-refractivity contribution < 1.29 is 19.4 Å². The first-order chi connectivity index (χ1) is 12.1. The van der Waals surface area contributed by atoms with Gasteiger partial charge in [-0.15, -0.1) is 0 Å². The van der Waals surface area contributed by atoms with Crippen molar-refractivity contribution in [2.75, 3.05) is 14.2 Å². The summed E-state index contributed by atoms with van der Waals surface area (Å²) in [4.78, 5) is 12.6. The Balaban J connectivity index is 1.86. The lowest BCUT2D eigenvalue weighted by Gasteiger charge is -2.06. The molecule has 0 atom stereocenters. The summed E-state index contributed by atoms with van der Waals surface area (Å²) in [6, 6.07) is 12.4. The van der Waals surface area contributed by atoms with Gasteiger partial charge in [0.05, 0.1) is 14.2 Å². The molecule has 0 bridgehead atoms. The molecule has 0 unspecified atom stereocenters. The van der Waals surface area contributed by atoms with Crippen LogP contribution < -0.4 is 9.47 Å². The van der Waals surface area contributed by atoms with Crippen molar-refractivity contribution in [3.05, 3.63) is 64.7 Å². The molecule has 1 N–H and O–H groups in total. The Bertz CT molecular complexity index is 822. The molecule has 0 aromatic heterocycles. The third kappa shape index (κ3) is 3.91. The zero-order chi connectivity index (χ0) is 17.8. The second-order valence-corrected chi connectivity index (χ2v) is 5.91. The van der Waals surface area contributed by atoms with Crippen molar-refractivity contribution in [1.29, 1.82) is 0 Å². The third-order valence-electron chi connectivity index (χ3n) is 4.20. The van der Waals surface area contributed by atoms with Gasteiger partial charge in [-0.25, -0.2) is 0 Å². The Labute approximate surface area is 147 Å².